The van der Waals surface area contributed by atoms with E-state index in [1.165, 1.54) is 0 Å². The van der Waals surface area contributed by atoms with Gasteiger partial charge in [0.1, 0.15) is 0 Å². The molecule has 0 saturated heterocycles. The number of rotatable bonds is 1. The zero-order chi connectivity index (χ0) is 10.1. The molecule has 0 bridgehead atoms. The molecule has 4 heteroatoms. The molecular weight excluding hydrogens is 200 g/mol. The lowest BCUT2D eigenvalue weighted by molar-refractivity contribution is 0.568. The van der Waals surface area contributed by atoms with E-state index in [4.69, 9.17) is 27.5 Å². The van der Waals surface area contributed by atoms with Crippen LogP contribution < -0.4 is 11.5 Å². The van der Waals surface area contributed by atoms with Crippen LogP contribution in [0.15, 0.2) is 35.1 Å². The Labute approximate surface area is 86.3 Å². The first-order valence-electron chi connectivity index (χ1n) is 4.05. The van der Waals surface area contributed by atoms with Crippen molar-refractivity contribution in [2.75, 3.05) is 11.5 Å². The Balaban J connectivity index is 2.64. The molecule has 1 heterocycles. The molecular formula is C10H9ClN2O. The number of hydrogen-bond donors (Lipinski definition) is 2. The van der Waals surface area contributed by atoms with Gasteiger partial charge in [0.2, 0.25) is 0 Å². The third kappa shape index (κ3) is 1.42. The Morgan fingerprint density at radius 1 is 1.21 bits per heavy atom. The average molecular weight is 209 g/mol. The molecule has 0 fully saturated rings. The highest BCUT2D eigenvalue weighted by molar-refractivity contribution is 6.34. The molecule has 4 N–H and O–H groups in total. The van der Waals surface area contributed by atoms with Crippen LogP contribution in [-0.4, -0.2) is 0 Å². The van der Waals surface area contributed by atoms with E-state index in [-0.39, 0.29) is 0 Å². The second-order valence-corrected chi connectivity index (χ2v) is 3.38. The standard InChI is InChI=1S/C10H9ClN2O/c11-9-4-7(12)3-8(10(9)13)6-1-2-14-5-6/h1-5H,12-13H2. The maximum absolute atomic E-state index is 5.90. The smallest absolute Gasteiger partial charge is 0.0981 e. The van der Waals surface area contributed by atoms with Gasteiger partial charge in [-0.05, 0) is 18.2 Å². The molecule has 2 aromatic rings. The molecule has 0 radical (unpaired) electrons. The predicted molar refractivity (Wildman–Crippen MR) is 58.0 cm³/mol. The third-order valence-electron chi connectivity index (χ3n) is 1.98. The highest BCUT2D eigenvalue weighted by Gasteiger charge is 2.08. The molecule has 0 aliphatic heterocycles. The van der Waals surface area contributed by atoms with Crippen molar-refractivity contribution in [3.8, 4) is 11.1 Å². The lowest BCUT2D eigenvalue weighted by atomic mass is 10.1. The summed E-state index contributed by atoms with van der Waals surface area (Å²) in [6.07, 6.45) is 3.17. The third-order valence-corrected chi connectivity index (χ3v) is 2.30. The first-order chi connectivity index (χ1) is 6.68. The van der Waals surface area contributed by atoms with E-state index >= 15 is 0 Å². The van der Waals surface area contributed by atoms with E-state index < -0.39 is 0 Å². The monoisotopic (exact) mass is 208 g/mol. The Morgan fingerprint density at radius 2 is 2.00 bits per heavy atom. The van der Waals surface area contributed by atoms with Crippen LogP contribution in [0, 0.1) is 0 Å². The topological polar surface area (TPSA) is 65.2 Å². The van der Waals surface area contributed by atoms with Gasteiger partial charge in [-0.1, -0.05) is 11.6 Å². The molecule has 0 spiro atoms. The van der Waals surface area contributed by atoms with E-state index in [0.717, 1.165) is 11.1 Å². The van der Waals surface area contributed by atoms with Gasteiger partial charge in [-0.25, -0.2) is 0 Å². The maximum Gasteiger partial charge on any atom is 0.0981 e. The average Bonchev–Trinajstić information content (AvgIpc) is 2.63. The van der Waals surface area contributed by atoms with Crippen molar-refractivity contribution in [1.29, 1.82) is 0 Å². The number of nitrogen functional groups attached to an aromatic ring is 2. The first kappa shape index (κ1) is 8.97. The molecule has 1 aromatic carbocycles. The second-order valence-electron chi connectivity index (χ2n) is 2.98. The molecule has 0 aliphatic rings. The van der Waals surface area contributed by atoms with Gasteiger partial charge >= 0.3 is 0 Å². The Hall–Kier alpha value is -1.61. The van der Waals surface area contributed by atoms with Gasteiger partial charge in [-0.2, -0.15) is 0 Å². The highest BCUT2D eigenvalue weighted by Crippen LogP contribution is 2.34. The summed E-state index contributed by atoms with van der Waals surface area (Å²) >= 11 is 5.90. The van der Waals surface area contributed by atoms with E-state index in [1.54, 1.807) is 24.7 Å². The fourth-order valence-electron chi connectivity index (χ4n) is 1.30. The zero-order valence-electron chi connectivity index (χ0n) is 7.33. The minimum Gasteiger partial charge on any atom is -0.472 e. The number of halogens is 1. The van der Waals surface area contributed by atoms with Gasteiger partial charge in [-0.15, -0.1) is 0 Å². The van der Waals surface area contributed by atoms with Crippen LogP contribution >= 0.6 is 11.6 Å². The number of anilines is 2. The highest BCUT2D eigenvalue weighted by atomic mass is 35.5. The van der Waals surface area contributed by atoms with Crippen molar-refractivity contribution >= 4 is 23.0 Å². The Kier molecular flexibility index (Phi) is 2.09. The van der Waals surface area contributed by atoms with Gasteiger partial charge in [0.25, 0.3) is 0 Å². The van der Waals surface area contributed by atoms with Crippen LogP contribution in [0.3, 0.4) is 0 Å². The van der Waals surface area contributed by atoms with Crippen molar-refractivity contribution in [3.05, 3.63) is 35.7 Å². The van der Waals surface area contributed by atoms with E-state index in [0.29, 0.717) is 16.4 Å². The SMILES string of the molecule is Nc1cc(Cl)c(N)c(-c2ccoc2)c1. The molecule has 14 heavy (non-hydrogen) atoms. The number of benzene rings is 1. The summed E-state index contributed by atoms with van der Waals surface area (Å²) in [5.41, 5.74) is 14.2. The van der Waals surface area contributed by atoms with Crippen molar-refractivity contribution in [3.63, 3.8) is 0 Å². The van der Waals surface area contributed by atoms with Gasteiger partial charge in [0.05, 0.1) is 23.2 Å². The zero-order valence-corrected chi connectivity index (χ0v) is 8.08. The van der Waals surface area contributed by atoms with Gasteiger partial charge in [0, 0.05) is 16.8 Å². The van der Waals surface area contributed by atoms with E-state index in [2.05, 4.69) is 0 Å². The van der Waals surface area contributed by atoms with Crippen LogP contribution in [0.5, 0.6) is 0 Å². The van der Waals surface area contributed by atoms with Crippen LogP contribution in [0.2, 0.25) is 5.02 Å². The van der Waals surface area contributed by atoms with Crippen molar-refractivity contribution in [2.24, 2.45) is 0 Å². The summed E-state index contributed by atoms with van der Waals surface area (Å²) < 4.78 is 4.96. The van der Waals surface area contributed by atoms with Crippen LogP contribution in [-0.2, 0) is 0 Å². The fraction of sp³-hybridized carbons (Fsp3) is 0. The molecule has 2 rings (SSSR count). The quantitative estimate of drug-likeness (QED) is 0.709. The van der Waals surface area contributed by atoms with Gasteiger partial charge in [0.15, 0.2) is 0 Å². The lowest BCUT2D eigenvalue weighted by Crippen LogP contribution is -1.93. The molecule has 0 amide bonds. The summed E-state index contributed by atoms with van der Waals surface area (Å²) in [4.78, 5) is 0. The van der Waals surface area contributed by atoms with E-state index in [9.17, 15) is 0 Å². The minimum atomic E-state index is 0.459. The molecule has 0 unspecified atom stereocenters. The molecule has 0 saturated carbocycles. The lowest BCUT2D eigenvalue weighted by Gasteiger charge is -2.06. The second kappa shape index (κ2) is 3.27. The van der Waals surface area contributed by atoms with Crippen molar-refractivity contribution in [2.45, 2.75) is 0 Å². The summed E-state index contributed by atoms with van der Waals surface area (Å²) in [6, 6.07) is 5.20. The Morgan fingerprint density at radius 3 is 2.64 bits per heavy atom. The van der Waals surface area contributed by atoms with Gasteiger partial charge < -0.3 is 15.9 Å². The molecule has 1 aromatic heterocycles. The molecule has 3 nitrogen and oxygen atoms in total. The van der Waals surface area contributed by atoms with Crippen molar-refractivity contribution in [1.82, 2.24) is 0 Å². The largest absolute Gasteiger partial charge is 0.472 e. The number of nitrogens with two attached hydrogens (primary N) is 2. The molecule has 72 valence electrons. The van der Waals surface area contributed by atoms with Crippen LogP contribution in [0.1, 0.15) is 0 Å². The van der Waals surface area contributed by atoms with Crippen molar-refractivity contribution < 1.29 is 4.42 Å². The summed E-state index contributed by atoms with van der Waals surface area (Å²) in [7, 11) is 0. The van der Waals surface area contributed by atoms with Crippen LogP contribution in [0.4, 0.5) is 11.4 Å². The summed E-state index contributed by atoms with van der Waals surface area (Å²) in [5, 5.41) is 0.459. The van der Waals surface area contributed by atoms with Crippen LogP contribution in [0.25, 0.3) is 11.1 Å². The minimum absolute atomic E-state index is 0.459. The molecule has 0 aliphatic carbocycles. The summed E-state index contributed by atoms with van der Waals surface area (Å²) in [6.45, 7) is 0. The predicted octanol–water partition coefficient (Wildman–Crippen LogP) is 2.76. The number of furan rings is 1. The Bertz CT molecular complexity index is 451. The maximum atomic E-state index is 5.90. The number of hydrogen-bond acceptors (Lipinski definition) is 3. The van der Waals surface area contributed by atoms with Gasteiger partial charge in [-0.3, -0.25) is 0 Å². The molecule has 0 atom stereocenters. The first-order valence-corrected chi connectivity index (χ1v) is 4.43. The fourth-order valence-corrected chi connectivity index (χ4v) is 1.52. The summed E-state index contributed by atoms with van der Waals surface area (Å²) in [5.74, 6) is 0. The normalized spacial score (nSPS) is 10.4. The van der Waals surface area contributed by atoms with E-state index in [1.807, 2.05) is 6.07 Å².